The minimum absolute atomic E-state index is 0.104. The fourth-order valence-electron chi connectivity index (χ4n) is 3.11. The van der Waals surface area contributed by atoms with E-state index in [9.17, 15) is 4.79 Å². The summed E-state index contributed by atoms with van der Waals surface area (Å²) in [5.74, 6) is 1.20. The second-order valence-electron chi connectivity index (χ2n) is 5.96. The van der Waals surface area contributed by atoms with E-state index < -0.39 is 0 Å². The van der Waals surface area contributed by atoms with Crippen molar-refractivity contribution in [3.8, 4) is 11.5 Å². The Morgan fingerprint density at radius 1 is 1.20 bits per heavy atom. The summed E-state index contributed by atoms with van der Waals surface area (Å²) < 4.78 is 16.1. The highest BCUT2D eigenvalue weighted by molar-refractivity contribution is 7.10. The molecule has 132 valence electrons. The second kappa shape index (κ2) is 7.43. The number of hydrogen-bond acceptors (Lipinski definition) is 6. The van der Waals surface area contributed by atoms with Gasteiger partial charge in [-0.25, -0.2) is 0 Å². The van der Waals surface area contributed by atoms with Gasteiger partial charge in [0.1, 0.15) is 0 Å². The van der Waals surface area contributed by atoms with Crippen molar-refractivity contribution in [3.05, 3.63) is 46.2 Å². The Morgan fingerprint density at radius 3 is 2.84 bits per heavy atom. The van der Waals surface area contributed by atoms with Gasteiger partial charge in [0.05, 0.1) is 19.3 Å². The van der Waals surface area contributed by atoms with Crippen LogP contribution in [0.4, 0.5) is 0 Å². The number of fused-ring (bicyclic) bond motifs is 1. The van der Waals surface area contributed by atoms with Gasteiger partial charge in [0.15, 0.2) is 11.5 Å². The molecule has 0 spiro atoms. The number of morpholine rings is 1. The lowest BCUT2D eigenvalue weighted by molar-refractivity contribution is 0.0169. The minimum Gasteiger partial charge on any atom is -0.454 e. The lowest BCUT2D eigenvalue weighted by Gasteiger charge is -2.34. The number of hydrogen-bond donors (Lipinski definition) is 1. The molecule has 3 heterocycles. The maximum Gasteiger partial charge on any atom is 0.251 e. The summed E-state index contributed by atoms with van der Waals surface area (Å²) in [6.07, 6.45) is 0. The summed E-state index contributed by atoms with van der Waals surface area (Å²) in [5.41, 5.74) is 0.580. The Kier molecular flexibility index (Phi) is 4.87. The van der Waals surface area contributed by atoms with E-state index in [-0.39, 0.29) is 18.7 Å². The molecule has 1 saturated heterocycles. The Bertz CT molecular complexity index is 729. The quantitative estimate of drug-likeness (QED) is 0.886. The molecular weight excluding hydrogens is 340 g/mol. The van der Waals surface area contributed by atoms with Crippen molar-refractivity contribution < 1.29 is 19.0 Å². The monoisotopic (exact) mass is 360 g/mol. The van der Waals surface area contributed by atoms with Crippen LogP contribution < -0.4 is 14.8 Å². The molecule has 2 aromatic rings. The molecule has 1 aromatic heterocycles. The van der Waals surface area contributed by atoms with Crippen molar-refractivity contribution in [3.63, 3.8) is 0 Å². The fraction of sp³-hybridized carbons (Fsp3) is 0.389. The molecule has 1 amide bonds. The van der Waals surface area contributed by atoms with Crippen LogP contribution in [0.15, 0.2) is 35.7 Å². The molecule has 7 heteroatoms. The predicted octanol–water partition coefficient (Wildman–Crippen LogP) is 2.28. The summed E-state index contributed by atoms with van der Waals surface area (Å²) in [5, 5.41) is 5.14. The summed E-state index contributed by atoms with van der Waals surface area (Å²) in [7, 11) is 0. The van der Waals surface area contributed by atoms with Crippen molar-refractivity contribution in [2.24, 2.45) is 0 Å². The van der Waals surface area contributed by atoms with Crippen LogP contribution in [0.25, 0.3) is 0 Å². The molecule has 1 atom stereocenters. The van der Waals surface area contributed by atoms with Gasteiger partial charge in [0.2, 0.25) is 6.79 Å². The number of nitrogens with zero attached hydrogens (tertiary/aromatic N) is 1. The second-order valence-corrected chi connectivity index (χ2v) is 6.94. The molecule has 4 rings (SSSR count). The number of amides is 1. The van der Waals surface area contributed by atoms with E-state index in [4.69, 9.17) is 14.2 Å². The van der Waals surface area contributed by atoms with Crippen LogP contribution in [0.3, 0.4) is 0 Å². The first-order valence-corrected chi connectivity index (χ1v) is 9.22. The van der Waals surface area contributed by atoms with Gasteiger partial charge in [0.25, 0.3) is 5.91 Å². The number of ether oxygens (including phenoxy) is 3. The van der Waals surface area contributed by atoms with E-state index in [1.165, 1.54) is 4.88 Å². The highest BCUT2D eigenvalue weighted by Gasteiger charge is 2.24. The number of thiophene rings is 1. The van der Waals surface area contributed by atoms with Gasteiger partial charge >= 0.3 is 0 Å². The van der Waals surface area contributed by atoms with Crippen molar-refractivity contribution >= 4 is 17.2 Å². The third kappa shape index (κ3) is 3.63. The number of rotatable bonds is 5. The maximum absolute atomic E-state index is 12.6. The van der Waals surface area contributed by atoms with E-state index in [2.05, 4.69) is 21.7 Å². The molecule has 6 nitrogen and oxygen atoms in total. The number of carbonyl (C=O) groups is 1. The van der Waals surface area contributed by atoms with E-state index in [1.807, 2.05) is 6.07 Å². The van der Waals surface area contributed by atoms with E-state index in [1.54, 1.807) is 29.5 Å². The highest BCUT2D eigenvalue weighted by atomic mass is 32.1. The van der Waals surface area contributed by atoms with E-state index in [0.717, 1.165) is 26.3 Å². The number of benzene rings is 1. The van der Waals surface area contributed by atoms with Crippen LogP contribution in [0.1, 0.15) is 21.3 Å². The maximum atomic E-state index is 12.6. The summed E-state index contributed by atoms with van der Waals surface area (Å²) in [6.45, 7) is 3.99. The molecule has 2 aliphatic heterocycles. The normalized spacial score (nSPS) is 18.1. The number of nitrogens with one attached hydrogen (secondary N) is 1. The lowest BCUT2D eigenvalue weighted by Crippen LogP contribution is -2.43. The van der Waals surface area contributed by atoms with Crippen LogP contribution >= 0.6 is 11.3 Å². The summed E-state index contributed by atoms with van der Waals surface area (Å²) >= 11 is 1.72. The van der Waals surface area contributed by atoms with Gasteiger partial charge in [-0.15, -0.1) is 11.3 Å². The van der Waals surface area contributed by atoms with Crippen molar-refractivity contribution in [1.29, 1.82) is 0 Å². The molecule has 0 radical (unpaired) electrons. The van der Waals surface area contributed by atoms with Crippen LogP contribution in [0.5, 0.6) is 11.5 Å². The van der Waals surface area contributed by atoms with Gasteiger partial charge in [-0.1, -0.05) is 6.07 Å². The van der Waals surface area contributed by atoms with E-state index in [0.29, 0.717) is 23.6 Å². The molecule has 0 bridgehead atoms. The average Bonchev–Trinajstić information content (AvgIpc) is 3.34. The van der Waals surface area contributed by atoms with Gasteiger partial charge in [-0.05, 0) is 29.6 Å². The smallest absolute Gasteiger partial charge is 0.251 e. The fourth-order valence-corrected chi connectivity index (χ4v) is 3.97. The van der Waals surface area contributed by atoms with E-state index >= 15 is 0 Å². The summed E-state index contributed by atoms with van der Waals surface area (Å²) in [4.78, 5) is 16.2. The zero-order valence-corrected chi connectivity index (χ0v) is 14.6. The Morgan fingerprint density at radius 2 is 2.04 bits per heavy atom. The molecule has 1 unspecified atom stereocenters. The molecular formula is C18H20N2O4S. The first-order chi connectivity index (χ1) is 12.3. The van der Waals surface area contributed by atoms with Crippen molar-refractivity contribution in [2.75, 3.05) is 39.6 Å². The molecule has 25 heavy (non-hydrogen) atoms. The highest BCUT2D eigenvalue weighted by Crippen LogP contribution is 2.32. The van der Waals surface area contributed by atoms with Crippen LogP contribution in [-0.4, -0.2) is 50.4 Å². The molecule has 0 saturated carbocycles. The Balaban J connectivity index is 1.44. The first-order valence-electron chi connectivity index (χ1n) is 8.34. The van der Waals surface area contributed by atoms with Gasteiger partial charge in [-0.3, -0.25) is 9.69 Å². The molecule has 2 aliphatic rings. The zero-order valence-electron chi connectivity index (χ0n) is 13.8. The third-order valence-corrected chi connectivity index (χ3v) is 5.42. The molecule has 1 N–H and O–H groups in total. The van der Waals surface area contributed by atoms with Gasteiger partial charge in [-0.2, -0.15) is 0 Å². The Labute approximate surface area is 150 Å². The van der Waals surface area contributed by atoms with Crippen molar-refractivity contribution in [1.82, 2.24) is 10.2 Å². The Hall–Kier alpha value is -2.09. The lowest BCUT2D eigenvalue weighted by atomic mass is 10.1. The standard InChI is InChI=1S/C18H20N2O4S/c21-18(13-3-4-15-16(10-13)24-12-23-15)19-11-14(17-2-1-9-25-17)20-5-7-22-8-6-20/h1-4,9-10,14H,5-8,11-12H2,(H,19,21). The minimum atomic E-state index is -0.104. The SMILES string of the molecule is O=C(NCC(c1cccs1)N1CCOCC1)c1ccc2c(c1)OCO2. The topological polar surface area (TPSA) is 60.0 Å². The largest absolute Gasteiger partial charge is 0.454 e. The molecule has 0 aliphatic carbocycles. The van der Waals surface area contributed by atoms with Gasteiger partial charge in [0, 0.05) is 30.1 Å². The predicted molar refractivity (Wildman–Crippen MR) is 94.4 cm³/mol. The molecule has 1 fully saturated rings. The van der Waals surface area contributed by atoms with Crippen LogP contribution in [0, 0.1) is 0 Å². The third-order valence-electron chi connectivity index (χ3n) is 4.45. The molecule has 1 aromatic carbocycles. The van der Waals surface area contributed by atoms with Gasteiger partial charge < -0.3 is 19.5 Å². The number of carbonyl (C=O) groups excluding carboxylic acids is 1. The van der Waals surface area contributed by atoms with Crippen LogP contribution in [-0.2, 0) is 4.74 Å². The zero-order chi connectivity index (χ0) is 17.1. The summed E-state index contributed by atoms with van der Waals surface area (Å²) in [6, 6.07) is 9.60. The average molecular weight is 360 g/mol. The van der Waals surface area contributed by atoms with Crippen LogP contribution in [0.2, 0.25) is 0 Å². The van der Waals surface area contributed by atoms with Crippen molar-refractivity contribution in [2.45, 2.75) is 6.04 Å². The first kappa shape index (κ1) is 16.4.